The maximum atomic E-state index is 14.3. The Morgan fingerprint density at radius 3 is 2.64 bits per heavy atom. The molecule has 262 valence electrons. The van der Waals surface area contributed by atoms with Crippen LogP contribution in [-0.4, -0.2) is 94.4 Å². The van der Waals surface area contributed by atoms with Crippen LogP contribution in [-0.2, 0) is 43.0 Å². The van der Waals surface area contributed by atoms with Crippen molar-refractivity contribution in [2.75, 3.05) is 19.8 Å². The fourth-order valence-corrected chi connectivity index (χ4v) is 9.21. The van der Waals surface area contributed by atoms with Crippen LogP contribution in [0, 0.1) is 28.6 Å². The second-order valence-electron chi connectivity index (χ2n) is 14.0. The van der Waals surface area contributed by atoms with Gasteiger partial charge in [-0.05, 0) is 68.9 Å². The van der Waals surface area contributed by atoms with Gasteiger partial charge in [0.2, 0.25) is 5.78 Å². The van der Waals surface area contributed by atoms with Gasteiger partial charge in [0.1, 0.15) is 6.04 Å². The van der Waals surface area contributed by atoms with E-state index in [0.29, 0.717) is 25.7 Å². The monoisotopic (exact) mass is 664 g/mol. The Morgan fingerprint density at radius 2 is 1.91 bits per heavy atom. The predicted molar refractivity (Wildman–Crippen MR) is 161 cm³/mol. The molecule has 5 N–H and O–H groups in total. The van der Waals surface area contributed by atoms with Gasteiger partial charge >= 0.3 is 11.9 Å². The van der Waals surface area contributed by atoms with Crippen molar-refractivity contribution in [3.63, 3.8) is 0 Å². The molecule has 4 aliphatic carbocycles. The van der Waals surface area contributed by atoms with E-state index in [-0.39, 0.29) is 43.2 Å². The third-order valence-electron chi connectivity index (χ3n) is 11.3. The molecule has 4 fully saturated rings. The number of nitrogens with two attached hydrogens (primary N) is 1. The van der Waals surface area contributed by atoms with Crippen molar-refractivity contribution >= 4 is 23.5 Å². The number of Topliss-reactive ketones (excluding diaryl/α,β-unsaturated/α-hetero) is 1. The van der Waals surface area contributed by atoms with Crippen LogP contribution in [0.4, 0.5) is 0 Å². The number of aliphatic hydroxyl groups is 1. The average molecular weight is 665 g/mol. The molecule has 0 spiro atoms. The van der Waals surface area contributed by atoms with E-state index >= 15 is 0 Å². The summed E-state index contributed by atoms with van der Waals surface area (Å²) in [5, 5.41) is 28.4. The van der Waals surface area contributed by atoms with Gasteiger partial charge in [-0.15, -0.1) is 0 Å². The Kier molecular flexibility index (Phi) is 10.7. The molecule has 0 aromatic heterocycles. The van der Waals surface area contributed by atoms with E-state index in [1.807, 2.05) is 19.9 Å². The Morgan fingerprint density at radius 1 is 1.17 bits per heavy atom. The summed E-state index contributed by atoms with van der Waals surface area (Å²) >= 11 is 0. The van der Waals surface area contributed by atoms with Crippen molar-refractivity contribution in [3.05, 3.63) is 23.8 Å². The van der Waals surface area contributed by atoms with Gasteiger partial charge in [-0.3, -0.25) is 34.4 Å². The molecular weight excluding hydrogens is 616 g/mol. The molecule has 0 aromatic carbocycles. The van der Waals surface area contributed by atoms with Crippen LogP contribution in [0.2, 0.25) is 0 Å². The molecule has 14 nitrogen and oxygen atoms in total. The number of fused-ring (bicyclic) bond motifs is 7. The first kappa shape index (κ1) is 35.7. The number of ketones is 2. The number of allylic oxidation sites excluding steroid dienone is 4. The zero-order valence-corrected chi connectivity index (χ0v) is 27.3. The van der Waals surface area contributed by atoms with Crippen LogP contribution in [0.25, 0.3) is 0 Å². The molecule has 0 bridgehead atoms. The average Bonchev–Trinajstić information content (AvgIpc) is 3.49. The number of ether oxygens (including phenoxy) is 4. The SMILES string of the molecule is CCCC1O[C@@H]2CC3[C@@H]4CCC5=CC(=O)C=C[C@]5(C)C4[C@@H](O)C[C@]3(C)[C@]2(C(=O)COC(=O)CC(N)C(=O)OCCCCON(O)O)O1. The van der Waals surface area contributed by atoms with Gasteiger partial charge in [-0.2, -0.15) is 0 Å². The molecule has 0 amide bonds. The first-order valence-corrected chi connectivity index (χ1v) is 16.6. The van der Waals surface area contributed by atoms with Crippen LogP contribution < -0.4 is 5.73 Å². The number of hydrogen-bond acceptors (Lipinski definition) is 14. The number of hydrogen-bond donors (Lipinski definition) is 4. The van der Waals surface area contributed by atoms with Crippen molar-refractivity contribution < 1.29 is 58.5 Å². The summed E-state index contributed by atoms with van der Waals surface area (Å²) in [6.45, 7) is 5.45. The molecule has 0 aromatic rings. The van der Waals surface area contributed by atoms with E-state index < -0.39 is 77.1 Å². The minimum absolute atomic E-state index is 0.00952. The van der Waals surface area contributed by atoms with E-state index in [0.717, 1.165) is 24.8 Å². The first-order valence-electron chi connectivity index (χ1n) is 16.6. The van der Waals surface area contributed by atoms with Crippen molar-refractivity contribution in [2.24, 2.45) is 34.3 Å². The van der Waals surface area contributed by atoms with Crippen LogP contribution in [0.3, 0.4) is 0 Å². The topological polar surface area (TPSA) is 204 Å². The van der Waals surface area contributed by atoms with Crippen LogP contribution in [0.15, 0.2) is 23.8 Å². The Balaban J connectivity index is 1.25. The van der Waals surface area contributed by atoms with Gasteiger partial charge in [0, 0.05) is 16.7 Å². The Bertz CT molecular complexity index is 1290. The molecule has 10 atom stereocenters. The molecule has 5 aliphatic rings. The van der Waals surface area contributed by atoms with E-state index in [4.69, 9.17) is 35.1 Å². The highest BCUT2D eigenvalue weighted by atomic mass is 17.1. The number of aliphatic hydroxyl groups excluding tert-OH is 1. The maximum Gasteiger partial charge on any atom is 0.323 e. The normalized spacial score (nSPS) is 37.8. The minimum atomic E-state index is -1.44. The van der Waals surface area contributed by atoms with Gasteiger partial charge in [0.25, 0.3) is 0 Å². The third-order valence-corrected chi connectivity index (χ3v) is 11.3. The largest absolute Gasteiger partial charge is 0.465 e. The van der Waals surface area contributed by atoms with E-state index in [1.54, 1.807) is 12.2 Å². The smallest absolute Gasteiger partial charge is 0.323 e. The predicted octanol–water partition coefficient (Wildman–Crippen LogP) is 2.32. The molecule has 0 radical (unpaired) electrons. The summed E-state index contributed by atoms with van der Waals surface area (Å²) in [7, 11) is 0. The number of rotatable bonds is 14. The fraction of sp³-hybridized carbons (Fsp3) is 0.758. The van der Waals surface area contributed by atoms with Crippen LogP contribution in [0.5, 0.6) is 0 Å². The lowest BCUT2D eigenvalue weighted by Gasteiger charge is -2.59. The summed E-state index contributed by atoms with van der Waals surface area (Å²) in [4.78, 5) is 55.8. The molecule has 1 heterocycles. The molecular formula is C33H48N2O12. The highest BCUT2D eigenvalue weighted by molar-refractivity contribution is 6.01. The number of esters is 2. The van der Waals surface area contributed by atoms with Crippen molar-refractivity contribution in [1.82, 2.24) is 5.39 Å². The number of unbranched alkanes of at least 4 members (excludes halogenated alkanes) is 1. The lowest BCUT2D eigenvalue weighted by molar-refractivity contribution is -0.492. The van der Waals surface area contributed by atoms with E-state index in [9.17, 15) is 24.3 Å². The zero-order valence-electron chi connectivity index (χ0n) is 27.3. The minimum Gasteiger partial charge on any atom is -0.465 e. The first-order chi connectivity index (χ1) is 22.3. The van der Waals surface area contributed by atoms with Gasteiger partial charge in [-0.1, -0.05) is 38.8 Å². The number of carbonyl (C=O) groups is 4. The van der Waals surface area contributed by atoms with Gasteiger partial charge in [0.05, 0.1) is 37.2 Å². The quantitative estimate of drug-likeness (QED) is 0.120. The third kappa shape index (κ3) is 6.58. The summed E-state index contributed by atoms with van der Waals surface area (Å²) in [5.74, 6) is -2.26. The molecule has 14 heteroatoms. The molecule has 3 saturated carbocycles. The maximum absolute atomic E-state index is 14.3. The van der Waals surface area contributed by atoms with Crippen molar-refractivity contribution in [2.45, 2.75) is 109 Å². The summed E-state index contributed by atoms with van der Waals surface area (Å²) < 4.78 is 23.4. The van der Waals surface area contributed by atoms with Gasteiger partial charge in [0.15, 0.2) is 24.3 Å². The van der Waals surface area contributed by atoms with Crippen molar-refractivity contribution in [1.29, 1.82) is 0 Å². The summed E-state index contributed by atoms with van der Waals surface area (Å²) in [6, 6.07) is -1.31. The lowest BCUT2D eigenvalue weighted by Crippen LogP contribution is -2.63. The molecule has 1 saturated heterocycles. The van der Waals surface area contributed by atoms with Gasteiger partial charge < -0.3 is 29.8 Å². The Hall–Kier alpha value is -2.56. The fourth-order valence-electron chi connectivity index (χ4n) is 9.21. The van der Waals surface area contributed by atoms with Crippen LogP contribution in [0.1, 0.15) is 78.6 Å². The second-order valence-corrected chi connectivity index (χ2v) is 14.0. The van der Waals surface area contributed by atoms with E-state index in [2.05, 4.69) is 11.8 Å². The van der Waals surface area contributed by atoms with Gasteiger partial charge in [-0.25, -0.2) is 0 Å². The van der Waals surface area contributed by atoms with E-state index in [1.165, 1.54) is 0 Å². The summed E-state index contributed by atoms with van der Waals surface area (Å²) in [6.07, 6.45) is 7.17. The Labute approximate surface area is 274 Å². The standard InChI is InChI=1S/C33H48N2O12/c1-4-7-28-46-26-15-22-21-9-8-19-14-20(36)10-11-31(19,2)29(21)24(37)17-32(22,3)33(26,47-28)25(38)18-44-27(39)16-23(34)30(40)43-12-5-6-13-45-35(41)42/h10-11,14,21-24,26,28-29,37,41-42H,4-9,12-13,15-18,34H2,1-3H3/t21-,22?,23?,24-,26+,28?,29?,31-,32-,33+/m0/s1. The highest BCUT2D eigenvalue weighted by Crippen LogP contribution is 2.69. The summed E-state index contributed by atoms with van der Waals surface area (Å²) in [5.41, 5.74) is 4.18. The molecule has 5 rings (SSSR count). The lowest BCUT2D eigenvalue weighted by atomic mass is 9.46. The second kappa shape index (κ2) is 14.1. The molecule has 47 heavy (non-hydrogen) atoms. The molecule has 4 unspecified atom stereocenters. The zero-order chi connectivity index (χ0) is 34.1. The van der Waals surface area contributed by atoms with Crippen LogP contribution >= 0.6 is 0 Å². The highest BCUT2D eigenvalue weighted by Gasteiger charge is 2.75. The number of nitrogens with zero attached hydrogens (tertiary/aromatic N) is 1. The number of carbonyl (C=O) groups excluding carboxylic acids is 4. The van der Waals surface area contributed by atoms with Crippen molar-refractivity contribution in [3.8, 4) is 0 Å². The molecule has 1 aliphatic heterocycles.